The third-order valence-electron chi connectivity index (χ3n) is 4.73. The standard InChI is InChI=1S/C23H20N4O4/c28-21(14-27-23(30)20-6-2-1-5-19(20)22(29)26-27)25-13-16-7-9-18(10-8-16)31-15-17-4-3-11-24-12-17/h1-12H,13-15H2,(H,25,28)(H,26,29). The lowest BCUT2D eigenvalue weighted by atomic mass is 10.2. The zero-order chi connectivity index (χ0) is 21.6. The smallest absolute Gasteiger partial charge is 0.273 e. The first kappa shape index (κ1) is 20.1. The molecular weight excluding hydrogens is 396 g/mol. The lowest BCUT2D eigenvalue weighted by Gasteiger charge is -2.09. The van der Waals surface area contributed by atoms with E-state index in [1.807, 2.05) is 36.4 Å². The summed E-state index contributed by atoms with van der Waals surface area (Å²) in [5.74, 6) is 0.323. The van der Waals surface area contributed by atoms with E-state index in [0.717, 1.165) is 15.8 Å². The van der Waals surface area contributed by atoms with Crippen molar-refractivity contribution in [3.8, 4) is 5.75 Å². The fraction of sp³-hybridized carbons (Fsp3) is 0.130. The zero-order valence-corrected chi connectivity index (χ0v) is 16.6. The Morgan fingerprint density at radius 2 is 1.74 bits per heavy atom. The minimum Gasteiger partial charge on any atom is -0.489 e. The van der Waals surface area contributed by atoms with Gasteiger partial charge in [0.25, 0.3) is 11.1 Å². The van der Waals surface area contributed by atoms with E-state index in [0.29, 0.717) is 17.7 Å². The molecule has 4 rings (SSSR count). The number of nitrogens with zero attached hydrogens (tertiary/aromatic N) is 2. The molecule has 0 spiro atoms. The van der Waals surface area contributed by atoms with Crippen molar-refractivity contribution >= 4 is 16.7 Å². The highest BCUT2D eigenvalue weighted by atomic mass is 16.5. The molecule has 2 N–H and O–H groups in total. The third-order valence-corrected chi connectivity index (χ3v) is 4.73. The third kappa shape index (κ3) is 4.87. The normalized spacial score (nSPS) is 10.7. The summed E-state index contributed by atoms with van der Waals surface area (Å²) in [5.41, 5.74) is 1.02. The van der Waals surface area contributed by atoms with Crippen molar-refractivity contribution in [1.82, 2.24) is 20.1 Å². The summed E-state index contributed by atoms with van der Waals surface area (Å²) in [6.45, 7) is 0.433. The number of hydrogen-bond donors (Lipinski definition) is 2. The van der Waals surface area contributed by atoms with E-state index in [1.165, 1.54) is 0 Å². The molecule has 0 aliphatic rings. The number of amides is 1. The molecule has 1 amide bonds. The Balaban J connectivity index is 1.34. The highest BCUT2D eigenvalue weighted by Gasteiger charge is 2.10. The van der Waals surface area contributed by atoms with E-state index < -0.39 is 11.1 Å². The quantitative estimate of drug-likeness (QED) is 0.479. The summed E-state index contributed by atoms with van der Waals surface area (Å²) in [6.07, 6.45) is 3.46. The van der Waals surface area contributed by atoms with Crippen LogP contribution >= 0.6 is 0 Å². The molecule has 31 heavy (non-hydrogen) atoms. The van der Waals surface area contributed by atoms with Crippen LogP contribution < -0.4 is 21.2 Å². The first-order valence-corrected chi connectivity index (χ1v) is 9.69. The van der Waals surface area contributed by atoms with Crippen molar-refractivity contribution in [2.24, 2.45) is 0 Å². The maximum atomic E-state index is 12.5. The summed E-state index contributed by atoms with van der Waals surface area (Å²) in [5, 5.41) is 5.78. The van der Waals surface area contributed by atoms with Gasteiger partial charge in [-0.3, -0.25) is 24.5 Å². The van der Waals surface area contributed by atoms with Gasteiger partial charge in [0.15, 0.2) is 0 Å². The fourth-order valence-corrected chi connectivity index (χ4v) is 3.11. The Morgan fingerprint density at radius 1 is 0.968 bits per heavy atom. The van der Waals surface area contributed by atoms with Gasteiger partial charge >= 0.3 is 0 Å². The van der Waals surface area contributed by atoms with E-state index in [2.05, 4.69) is 15.4 Å². The number of benzene rings is 2. The number of aromatic amines is 1. The van der Waals surface area contributed by atoms with E-state index in [4.69, 9.17) is 4.74 Å². The largest absolute Gasteiger partial charge is 0.489 e. The number of hydrogen-bond acceptors (Lipinski definition) is 5. The van der Waals surface area contributed by atoms with Crippen molar-refractivity contribution < 1.29 is 9.53 Å². The van der Waals surface area contributed by atoms with Crippen molar-refractivity contribution in [3.05, 3.63) is 105 Å². The van der Waals surface area contributed by atoms with Crippen LogP contribution in [-0.4, -0.2) is 20.7 Å². The van der Waals surface area contributed by atoms with Crippen LogP contribution in [0, 0.1) is 0 Å². The average Bonchev–Trinajstić information content (AvgIpc) is 2.81. The highest BCUT2D eigenvalue weighted by Crippen LogP contribution is 2.14. The second-order valence-corrected chi connectivity index (χ2v) is 6.95. The number of carbonyl (C=O) groups excluding carboxylic acids is 1. The van der Waals surface area contributed by atoms with Gasteiger partial charge in [-0.05, 0) is 35.9 Å². The number of carbonyl (C=O) groups is 1. The Labute approximate surface area is 177 Å². The van der Waals surface area contributed by atoms with Crippen molar-refractivity contribution in [3.63, 3.8) is 0 Å². The van der Waals surface area contributed by atoms with Crippen LogP contribution in [-0.2, 0) is 24.5 Å². The molecule has 2 heterocycles. The molecular formula is C23H20N4O4. The van der Waals surface area contributed by atoms with E-state index in [-0.39, 0.29) is 24.4 Å². The summed E-state index contributed by atoms with van der Waals surface area (Å²) in [6, 6.07) is 17.6. The second-order valence-electron chi connectivity index (χ2n) is 6.95. The van der Waals surface area contributed by atoms with Gasteiger partial charge in [0, 0.05) is 24.5 Å². The number of aromatic nitrogens is 3. The first-order chi connectivity index (χ1) is 15.1. The van der Waals surface area contributed by atoms with Crippen LogP contribution in [0.3, 0.4) is 0 Å². The van der Waals surface area contributed by atoms with Crippen LogP contribution in [0.25, 0.3) is 10.8 Å². The minimum absolute atomic E-state index is 0.273. The molecule has 156 valence electrons. The maximum absolute atomic E-state index is 12.5. The monoisotopic (exact) mass is 416 g/mol. The van der Waals surface area contributed by atoms with Gasteiger partial charge < -0.3 is 10.1 Å². The lowest BCUT2D eigenvalue weighted by molar-refractivity contribution is -0.122. The van der Waals surface area contributed by atoms with Crippen LogP contribution in [0.15, 0.2) is 82.6 Å². The predicted molar refractivity (Wildman–Crippen MR) is 116 cm³/mol. The van der Waals surface area contributed by atoms with E-state index >= 15 is 0 Å². The Bertz CT molecular complexity index is 1310. The highest BCUT2D eigenvalue weighted by molar-refractivity contribution is 5.81. The van der Waals surface area contributed by atoms with Gasteiger partial charge in [-0.2, -0.15) is 0 Å². The van der Waals surface area contributed by atoms with Crippen molar-refractivity contribution in [1.29, 1.82) is 0 Å². The maximum Gasteiger partial charge on any atom is 0.273 e. The molecule has 0 saturated heterocycles. The number of fused-ring (bicyclic) bond motifs is 1. The van der Waals surface area contributed by atoms with E-state index in [9.17, 15) is 14.4 Å². The molecule has 0 unspecified atom stereocenters. The molecule has 0 saturated carbocycles. The summed E-state index contributed by atoms with van der Waals surface area (Å²) < 4.78 is 6.74. The molecule has 0 atom stereocenters. The molecule has 0 bridgehead atoms. The van der Waals surface area contributed by atoms with Crippen LogP contribution in [0.2, 0.25) is 0 Å². The average molecular weight is 416 g/mol. The first-order valence-electron chi connectivity index (χ1n) is 9.69. The Hall–Kier alpha value is -4.20. The second kappa shape index (κ2) is 9.08. The zero-order valence-electron chi connectivity index (χ0n) is 16.6. The van der Waals surface area contributed by atoms with Crippen LogP contribution in [0.5, 0.6) is 5.75 Å². The molecule has 0 aliphatic carbocycles. The molecule has 8 nitrogen and oxygen atoms in total. The van der Waals surface area contributed by atoms with E-state index in [1.54, 1.807) is 36.7 Å². The number of pyridine rings is 1. The fourth-order valence-electron chi connectivity index (χ4n) is 3.11. The lowest BCUT2D eigenvalue weighted by Crippen LogP contribution is -2.36. The van der Waals surface area contributed by atoms with Gasteiger partial charge in [0.2, 0.25) is 5.91 Å². The number of H-pyrrole nitrogens is 1. The molecule has 8 heteroatoms. The molecule has 0 fully saturated rings. The number of nitrogens with one attached hydrogen (secondary N) is 2. The van der Waals surface area contributed by atoms with Crippen LogP contribution in [0.4, 0.5) is 0 Å². The van der Waals surface area contributed by atoms with Gasteiger partial charge in [0.1, 0.15) is 18.9 Å². The number of ether oxygens (including phenoxy) is 1. The molecule has 0 aliphatic heterocycles. The van der Waals surface area contributed by atoms with Gasteiger partial charge in [-0.15, -0.1) is 0 Å². The molecule has 0 radical (unpaired) electrons. The van der Waals surface area contributed by atoms with Crippen LogP contribution in [0.1, 0.15) is 11.1 Å². The summed E-state index contributed by atoms with van der Waals surface area (Å²) in [4.78, 5) is 40.9. The predicted octanol–water partition coefficient (Wildman–Crippen LogP) is 1.98. The minimum atomic E-state index is -0.416. The molecule has 4 aromatic rings. The Morgan fingerprint density at radius 3 is 2.48 bits per heavy atom. The van der Waals surface area contributed by atoms with Crippen molar-refractivity contribution in [2.45, 2.75) is 19.7 Å². The topological polar surface area (TPSA) is 106 Å². The molecule has 2 aromatic carbocycles. The molecule has 2 aromatic heterocycles. The van der Waals surface area contributed by atoms with Gasteiger partial charge in [-0.1, -0.05) is 30.3 Å². The van der Waals surface area contributed by atoms with Crippen molar-refractivity contribution in [2.75, 3.05) is 0 Å². The SMILES string of the molecule is O=C(Cn1[nH]c(=O)c2ccccc2c1=O)NCc1ccc(OCc2cccnc2)cc1. The summed E-state index contributed by atoms with van der Waals surface area (Å²) >= 11 is 0. The Kier molecular flexibility index (Phi) is 5.89. The van der Waals surface area contributed by atoms with Gasteiger partial charge in [0.05, 0.1) is 10.8 Å². The van der Waals surface area contributed by atoms with Gasteiger partial charge in [-0.25, -0.2) is 4.68 Å². The number of rotatable bonds is 7. The summed E-state index contributed by atoms with van der Waals surface area (Å²) in [7, 11) is 0.